The lowest BCUT2D eigenvalue weighted by Crippen LogP contribution is -2.43. The van der Waals surface area contributed by atoms with Crippen molar-refractivity contribution in [3.8, 4) is 0 Å². The van der Waals surface area contributed by atoms with Gasteiger partial charge in [0.1, 0.15) is 0 Å². The van der Waals surface area contributed by atoms with E-state index in [1.54, 1.807) is 0 Å². The molecule has 2 fully saturated rings. The predicted molar refractivity (Wildman–Crippen MR) is 89.5 cm³/mol. The first-order chi connectivity index (χ1) is 10.7. The third kappa shape index (κ3) is 3.52. The first kappa shape index (κ1) is 15.5. The molecule has 1 saturated carbocycles. The van der Waals surface area contributed by atoms with Crippen molar-refractivity contribution in [2.45, 2.75) is 45.6 Å². The van der Waals surface area contributed by atoms with E-state index in [2.05, 4.69) is 47.1 Å². The van der Waals surface area contributed by atoms with Gasteiger partial charge in [0.25, 0.3) is 0 Å². The van der Waals surface area contributed by atoms with Gasteiger partial charge in [-0.15, -0.1) is 0 Å². The molecule has 1 aliphatic carbocycles. The first-order valence-electron chi connectivity index (χ1n) is 8.73. The van der Waals surface area contributed by atoms with E-state index in [-0.39, 0.29) is 5.41 Å². The molecule has 1 aliphatic heterocycles. The molecule has 0 radical (unpaired) electrons. The van der Waals surface area contributed by atoms with Crippen molar-refractivity contribution < 1.29 is 4.79 Å². The largest absolute Gasteiger partial charge is 0.341 e. The summed E-state index contributed by atoms with van der Waals surface area (Å²) < 4.78 is 0. The summed E-state index contributed by atoms with van der Waals surface area (Å²) >= 11 is 0. The maximum absolute atomic E-state index is 12.8. The molecule has 3 rings (SSSR count). The van der Waals surface area contributed by atoms with E-state index >= 15 is 0 Å². The van der Waals surface area contributed by atoms with E-state index in [0.29, 0.717) is 5.91 Å². The molecule has 1 saturated heterocycles. The van der Waals surface area contributed by atoms with Crippen molar-refractivity contribution >= 4 is 5.91 Å². The molecule has 0 aromatic heterocycles. The van der Waals surface area contributed by atoms with Crippen LogP contribution in [0, 0.1) is 5.41 Å². The number of amides is 1. The second-order valence-corrected chi connectivity index (χ2v) is 7.18. The third-order valence-corrected chi connectivity index (χ3v) is 5.35. The Balaban J connectivity index is 1.57. The molecular formula is C19H28N2O. The molecule has 3 heteroatoms. The summed E-state index contributed by atoms with van der Waals surface area (Å²) in [5, 5.41) is 0. The van der Waals surface area contributed by atoms with Crippen molar-refractivity contribution in [1.82, 2.24) is 9.80 Å². The van der Waals surface area contributed by atoms with Crippen molar-refractivity contribution in [2.75, 3.05) is 26.2 Å². The van der Waals surface area contributed by atoms with Crippen LogP contribution in [0.2, 0.25) is 0 Å². The lowest BCUT2D eigenvalue weighted by Gasteiger charge is -2.31. The summed E-state index contributed by atoms with van der Waals surface area (Å²) in [4.78, 5) is 17.5. The molecule has 3 nitrogen and oxygen atoms in total. The lowest BCUT2D eigenvalue weighted by molar-refractivity contribution is -0.140. The molecule has 0 bridgehead atoms. The molecular weight excluding hydrogens is 272 g/mol. The van der Waals surface area contributed by atoms with Crippen LogP contribution in [0.25, 0.3) is 0 Å². The molecule has 0 spiro atoms. The van der Waals surface area contributed by atoms with Gasteiger partial charge in [0.05, 0.1) is 0 Å². The van der Waals surface area contributed by atoms with Crippen molar-refractivity contribution in [3.63, 3.8) is 0 Å². The zero-order chi connectivity index (χ0) is 15.4. The van der Waals surface area contributed by atoms with Crippen LogP contribution >= 0.6 is 0 Å². The van der Waals surface area contributed by atoms with Gasteiger partial charge in [-0.2, -0.15) is 0 Å². The first-order valence-corrected chi connectivity index (χ1v) is 8.73. The van der Waals surface area contributed by atoms with Gasteiger partial charge in [-0.3, -0.25) is 9.69 Å². The Morgan fingerprint density at radius 2 is 1.73 bits per heavy atom. The highest BCUT2D eigenvalue weighted by Gasteiger charge is 2.39. The average molecular weight is 300 g/mol. The fourth-order valence-corrected chi connectivity index (χ4v) is 3.92. The molecule has 0 N–H and O–H groups in total. The highest BCUT2D eigenvalue weighted by molar-refractivity contribution is 5.82. The molecule has 2 aliphatic rings. The maximum Gasteiger partial charge on any atom is 0.228 e. The smallest absolute Gasteiger partial charge is 0.228 e. The monoisotopic (exact) mass is 300 g/mol. The number of carbonyl (C=O) groups is 1. The Morgan fingerprint density at radius 1 is 1.00 bits per heavy atom. The quantitative estimate of drug-likeness (QED) is 0.855. The van der Waals surface area contributed by atoms with Crippen molar-refractivity contribution in [3.05, 3.63) is 35.9 Å². The normalized spacial score (nSPS) is 22.5. The fraction of sp³-hybridized carbons (Fsp3) is 0.632. The zero-order valence-corrected chi connectivity index (χ0v) is 13.8. The van der Waals surface area contributed by atoms with Crippen LogP contribution in [0.1, 0.15) is 44.6 Å². The number of hydrogen-bond donors (Lipinski definition) is 0. The van der Waals surface area contributed by atoms with E-state index < -0.39 is 0 Å². The minimum atomic E-state index is -0.0748. The van der Waals surface area contributed by atoms with Gasteiger partial charge in [0.15, 0.2) is 0 Å². The fourth-order valence-electron chi connectivity index (χ4n) is 3.92. The van der Waals surface area contributed by atoms with Gasteiger partial charge in [0.2, 0.25) is 5.91 Å². The van der Waals surface area contributed by atoms with E-state index in [0.717, 1.165) is 52.0 Å². The summed E-state index contributed by atoms with van der Waals surface area (Å²) in [5.41, 5.74) is 1.29. The van der Waals surface area contributed by atoms with E-state index in [1.165, 1.54) is 18.4 Å². The standard InChI is InChI=1S/C19H28N2O/c1-19(10-5-6-11-19)18(22)21-13-7-12-20(14-15-21)16-17-8-3-2-4-9-17/h2-4,8-9H,5-7,10-16H2,1H3. The Hall–Kier alpha value is -1.35. The number of rotatable bonds is 3. The van der Waals surface area contributed by atoms with Gasteiger partial charge in [0, 0.05) is 38.1 Å². The molecule has 1 heterocycles. The second kappa shape index (κ2) is 6.82. The summed E-state index contributed by atoms with van der Waals surface area (Å²) in [6.45, 7) is 7.09. The molecule has 0 atom stereocenters. The number of nitrogens with zero attached hydrogens (tertiary/aromatic N) is 2. The SMILES string of the molecule is CC1(C(=O)N2CCCN(Cc3ccccc3)CC2)CCCC1. The Kier molecular flexibility index (Phi) is 4.82. The number of benzene rings is 1. The number of hydrogen-bond acceptors (Lipinski definition) is 2. The molecule has 1 aromatic carbocycles. The minimum absolute atomic E-state index is 0.0748. The third-order valence-electron chi connectivity index (χ3n) is 5.35. The maximum atomic E-state index is 12.8. The molecule has 0 unspecified atom stereocenters. The molecule has 120 valence electrons. The van der Waals surface area contributed by atoms with Crippen LogP contribution in [0.3, 0.4) is 0 Å². The van der Waals surface area contributed by atoms with Gasteiger partial charge in [-0.05, 0) is 24.8 Å². The zero-order valence-electron chi connectivity index (χ0n) is 13.8. The van der Waals surface area contributed by atoms with Crippen molar-refractivity contribution in [1.29, 1.82) is 0 Å². The van der Waals surface area contributed by atoms with Crippen LogP contribution < -0.4 is 0 Å². The topological polar surface area (TPSA) is 23.6 Å². The Labute approximate surface area is 134 Å². The van der Waals surface area contributed by atoms with E-state index in [1.807, 2.05) is 0 Å². The Morgan fingerprint density at radius 3 is 2.45 bits per heavy atom. The predicted octanol–water partition coefficient (Wildman–Crippen LogP) is 3.30. The molecule has 1 aromatic rings. The van der Waals surface area contributed by atoms with Crippen LogP contribution in [0.5, 0.6) is 0 Å². The molecule has 22 heavy (non-hydrogen) atoms. The summed E-state index contributed by atoms with van der Waals surface area (Å²) in [6, 6.07) is 10.6. The van der Waals surface area contributed by atoms with Crippen LogP contribution in [-0.2, 0) is 11.3 Å². The van der Waals surface area contributed by atoms with Gasteiger partial charge >= 0.3 is 0 Å². The highest BCUT2D eigenvalue weighted by Crippen LogP contribution is 2.39. The summed E-state index contributed by atoms with van der Waals surface area (Å²) in [7, 11) is 0. The van der Waals surface area contributed by atoms with Gasteiger partial charge in [-0.25, -0.2) is 0 Å². The highest BCUT2D eigenvalue weighted by atomic mass is 16.2. The average Bonchev–Trinajstić information content (AvgIpc) is 2.86. The van der Waals surface area contributed by atoms with Crippen LogP contribution in [0.15, 0.2) is 30.3 Å². The summed E-state index contributed by atoms with van der Waals surface area (Å²) in [6.07, 6.45) is 5.69. The Bertz CT molecular complexity index is 493. The van der Waals surface area contributed by atoms with E-state index in [4.69, 9.17) is 0 Å². The summed E-state index contributed by atoms with van der Waals surface area (Å²) in [5.74, 6) is 0.409. The van der Waals surface area contributed by atoms with Crippen LogP contribution in [-0.4, -0.2) is 41.9 Å². The van der Waals surface area contributed by atoms with Gasteiger partial charge < -0.3 is 4.90 Å². The van der Waals surface area contributed by atoms with Crippen LogP contribution in [0.4, 0.5) is 0 Å². The van der Waals surface area contributed by atoms with E-state index in [9.17, 15) is 4.79 Å². The van der Waals surface area contributed by atoms with Crippen molar-refractivity contribution in [2.24, 2.45) is 5.41 Å². The molecule has 1 amide bonds. The lowest BCUT2D eigenvalue weighted by atomic mass is 9.87. The van der Waals surface area contributed by atoms with Gasteiger partial charge in [-0.1, -0.05) is 50.1 Å². The minimum Gasteiger partial charge on any atom is -0.341 e. The second-order valence-electron chi connectivity index (χ2n) is 7.18. The number of carbonyl (C=O) groups excluding carboxylic acids is 1.